The Kier molecular flexibility index (Phi) is 2.65. The first kappa shape index (κ1) is 10.4. The van der Waals surface area contributed by atoms with E-state index < -0.39 is 0 Å². The molecule has 0 spiro atoms. The highest BCUT2D eigenvalue weighted by Crippen LogP contribution is 2.20. The maximum atomic E-state index is 6.24. The molecule has 80 valence electrons. The number of aromatic nitrogens is 3. The van der Waals surface area contributed by atoms with Crippen LogP contribution in [0.1, 0.15) is 30.8 Å². The first-order chi connectivity index (χ1) is 7.17. The van der Waals surface area contributed by atoms with Gasteiger partial charge in [0.15, 0.2) is 5.65 Å². The summed E-state index contributed by atoms with van der Waals surface area (Å²) >= 11 is 6.24. The lowest BCUT2D eigenvalue weighted by Crippen LogP contribution is -2.01. The molecule has 3 nitrogen and oxygen atoms in total. The average molecular weight is 224 g/mol. The van der Waals surface area contributed by atoms with E-state index in [0.717, 1.165) is 35.4 Å². The summed E-state index contributed by atoms with van der Waals surface area (Å²) in [4.78, 5) is 4.54. The number of rotatable bonds is 2. The van der Waals surface area contributed by atoms with Crippen LogP contribution >= 0.6 is 11.6 Å². The van der Waals surface area contributed by atoms with Crippen LogP contribution < -0.4 is 0 Å². The van der Waals surface area contributed by atoms with E-state index in [0.29, 0.717) is 5.15 Å². The molecule has 0 amide bonds. The minimum absolute atomic E-state index is 0.677. The van der Waals surface area contributed by atoms with Gasteiger partial charge in [-0.3, -0.25) is 0 Å². The predicted molar refractivity (Wildman–Crippen MR) is 61.5 cm³/mol. The second kappa shape index (κ2) is 3.81. The van der Waals surface area contributed by atoms with Crippen molar-refractivity contribution in [1.82, 2.24) is 14.6 Å². The van der Waals surface area contributed by atoms with Crippen LogP contribution in [0.2, 0.25) is 5.15 Å². The molecule has 0 bridgehead atoms. The van der Waals surface area contributed by atoms with E-state index in [9.17, 15) is 0 Å². The molecule has 15 heavy (non-hydrogen) atoms. The fourth-order valence-electron chi connectivity index (χ4n) is 1.66. The van der Waals surface area contributed by atoms with Crippen LogP contribution in [0.25, 0.3) is 5.65 Å². The van der Waals surface area contributed by atoms with Gasteiger partial charge in [-0.1, -0.05) is 25.4 Å². The maximum absolute atomic E-state index is 6.24. The van der Waals surface area contributed by atoms with Crippen molar-refractivity contribution in [2.24, 2.45) is 0 Å². The summed E-state index contributed by atoms with van der Waals surface area (Å²) in [5.41, 5.74) is 3.95. The van der Waals surface area contributed by atoms with Crippen LogP contribution in [0.3, 0.4) is 0 Å². The van der Waals surface area contributed by atoms with Crippen molar-refractivity contribution in [2.75, 3.05) is 0 Å². The number of hydrogen-bond donors (Lipinski definition) is 0. The quantitative estimate of drug-likeness (QED) is 0.733. The number of nitrogens with zero attached hydrogens (tertiary/aromatic N) is 3. The zero-order valence-corrected chi connectivity index (χ0v) is 9.97. The average Bonchev–Trinajstić information content (AvgIpc) is 2.66. The van der Waals surface area contributed by atoms with Crippen molar-refractivity contribution in [2.45, 2.75) is 33.6 Å². The topological polar surface area (TPSA) is 30.2 Å². The highest BCUT2D eigenvalue weighted by Gasteiger charge is 2.10. The van der Waals surface area contributed by atoms with Crippen molar-refractivity contribution in [3.63, 3.8) is 0 Å². The fraction of sp³-hybridized carbons (Fsp3) is 0.455. The van der Waals surface area contributed by atoms with Crippen molar-refractivity contribution < 1.29 is 0 Å². The third-order valence-corrected chi connectivity index (χ3v) is 3.06. The number of halogens is 1. The first-order valence-corrected chi connectivity index (χ1v) is 5.58. The molecule has 4 heteroatoms. The summed E-state index contributed by atoms with van der Waals surface area (Å²) in [6, 6.07) is 1.99. The van der Waals surface area contributed by atoms with Gasteiger partial charge >= 0.3 is 0 Å². The van der Waals surface area contributed by atoms with Crippen LogP contribution in [0.5, 0.6) is 0 Å². The molecule has 0 aromatic carbocycles. The molecule has 0 atom stereocenters. The Balaban J connectivity index is 2.75. The molecule has 2 rings (SSSR count). The minimum atomic E-state index is 0.677. The summed E-state index contributed by atoms with van der Waals surface area (Å²) in [5.74, 6) is 0. The summed E-state index contributed by atoms with van der Waals surface area (Å²) in [5, 5.41) is 5.07. The zero-order chi connectivity index (χ0) is 11.0. The predicted octanol–water partition coefficient (Wildman–Crippen LogP) is 2.82. The van der Waals surface area contributed by atoms with E-state index in [2.05, 4.69) is 23.9 Å². The molecule has 0 N–H and O–H groups in total. The van der Waals surface area contributed by atoms with E-state index in [1.54, 1.807) is 4.52 Å². The van der Waals surface area contributed by atoms with Gasteiger partial charge in [0, 0.05) is 17.3 Å². The molecule has 2 heterocycles. The molecular formula is C11H14ClN3. The molecule has 2 aromatic rings. The fourth-order valence-corrected chi connectivity index (χ4v) is 1.89. The zero-order valence-electron chi connectivity index (χ0n) is 9.21. The monoisotopic (exact) mass is 223 g/mol. The Morgan fingerprint density at radius 2 is 2.07 bits per heavy atom. The van der Waals surface area contributed by atoms with Crippen LogP contribution in [0, 0.1) is 6.92 Å². The van der Waals surface area contributed by atoms with Crippen LogP contribution in [-0.2, 0) is 12.8 Å². The van der Waals surface area contributed by atoms with Gasteiger partial charge in [-0.25, -0.2) is 9.50 Å². The van der Waals surface area contributed by atoms with E-state index in [4.69, 9.17) is 11.6 Å². The van der Waals surface area contributed by atoms with Gasteiger partial charge in [-0.05, 0) is 19.8 Å². The van der Waals surface area contributed by atoms with Gasteiger partial charge < -0.3 is 0 Å². The molecule has 0 saturated carbocycles. The molecule has 2 aromatic heterocycles. The van der Waals surface area contributed by atoms with Gasteiger partial charge in [0.2, 0.25) is 0 Å². The second-order valence-electron chi connectivity index (χ2n) is 3.59. The standard InChI is InChI=1S/C11H14ClN3/c1-4-8-6-10-13-9(5-2)7(3)11(12)15(10)14-8/h6H,4-5H2,1-3H3. The smallest absolute Gasteiger partial charge is 0.157 e. The molecule has 0 radical (unpaired) electrons. The summed E-state index contributed by atoms with van der Waals surface area (Å²) < 4.78 is 1.72. The largest absolute Gasteiger partial charge is 0.233 e. The third kappa shape index (κ3) is 1.61. The molecule has 0 aliphatic carbocycles. The van der Waals surface area contributed by atoms with Crippen molar-refractivity contribution in [3.8, 4) is 0 Å². The van der Waals surface area contributed by atoms with Crippen LogP contribution in [-0.4, -0.2) is 14.6 Å². The van der Waals surface area contributed by atoms with Crippen molar-refractivity contribution in [1.29, 1.82) is 0 Å². The molecule has 0 aliphatic heterocycles. The number of hydrogen-bond acceptors (Lipinski definition) is 2. The van der Waals surface area contributed by atoms with E-state index in [1.807, 2.05) is 13.0 Å². The van der Waals surface area contributed by atoms with E-state index in [-0.39, 0.29) is 0 Å². The summed E-state index contributed by atoms with van der Waals surface area (Å²) in [6.07, 6.45) is 1.80. The lowest BCUT2D eigenvalue weighted by atomic mass is 10.2. The lowest BCUT2D eigenvalue weighted by Gasteiger charge is -2.05. The molecule has 0 fully saturated rings. The minimum Gasteiger partial charge on any atom is -0.233 e. The molecule has 0 aliphatic rings. The lowest BCUT2D eigenvalue weighted by molar-refractivity contribution is 0.863. The van der Waals surface area contributed by atoms with Crippen LogP contribution in [0.4, 0.5) is 0 Å². The van der Waals surface area contributed by atoms with Gasteiger partial charge in [0.25, 0.3) is 0 Å². The Labute approximate surface area is 94.1 Å². The Bertz CT molecular complexity index is 502. The highest BCUT2D eigenvalue weighted by atomic mass is 35.5. The van der Waals surface area contributed by atoms with E-state index >= 15 is 0 Å². The first-order valence-electron chi connectivity index (χ1n) is 5.21. The van der Waals surface area contributed by atoms with Crippen molar-refractivity contribution in [3.05, 3.63) is 28.2 Å². The Hall–Kier alpha value is -1.09. The third-order valence-electron chi connectivity index (χ3n) is 2.62. The van der Waals surface area contributed by atoms with Crippen molar-refractivity contribution >= 4 is 17.2 Å². The normalized spacial score (nSPS) is 11.2. The van der Waals surface area contributed by atoms with Gasteiger partial charge in [0.05, 0.1) is 5.69 Å². The SMILES string of the molecule is CCc1cc2nc(CC)c(C)c(Cl)n2n1. The van der Waals surface area contributed by atoms with E-state index in [1.165, 1.54) is 0 Å². The number of fused-ring (bicyclic) bond motifs is 1. The Morgan fingerprint density at radius 3 is 2.67 bits per heavy atom. The van der Waals surface area contributed by atoms with Gasteiger partial charge in [0.1, 0.15) is 5.15 Å². The molecule has 0 unspecified atom stereocenters. The summed E-state index contributed by atoms with van der Waals surface area (Å²) in [7, 11) is 0. The summed E-state index contributed by atoms with van der Waals surface area (Å²) in [6.45, 7) is 6.14. The molecular weight excluding hydrogens is 210 g/mol. The van der Waals surface area contributed by atoms with Gasteiger partial charge in [-0.15, -0.1) is 0 Å². The second-order valence-corrected chi connectivity index (χ2v) is 3.95. The van der Waals surface area contributed by atoms with Gasteiger partial charge in [-0.2, -0.15) is 5.10 Å². The van der Waals surface area contributed by atoms with Crippen LogP contribution in [0.15, 0.2) is 6.07 Å². The Morgan fingerprint density at radius 1 is 1.33 bits per heavy atom. The highest BCUT2D eigenvalue weighted by molar-refractivity contribution is 6.30. The molecule has 0 saturated heterocycles. The maximum Gasteiger partial charge on any atom is 0.157 e. The number of aryl methyl sites for hydroxylation is 2.